The quantitative estimate of drug-likeness (QED) is 0.360. The van der Waals surface area contributed by atoms with Gasteiger partial charge in [0.2, 0.25) is 0 Å². The van der Waals surface area contributed by atoms with Crippen LogP contribution in [0.2, 0.25) is 0 Å². The predicted molar refractivity (Wildman–Crippen MR) is 137 cm³/mol. The van der Waals surface area contributed by atoms with Crippen LogP contribution in [0, 0.1) is 18.7 Å². The molecule has 1 N–H and O–H groups in total. The van der Waals surface area contributed by atoms with E-state index in [0.29, 0.717) is 29.8 Å². The first-order chi connectivity index (χ1) is 17.9. The van der Waals surface area contributed by atoms with Gasteiger partial charge < -0.3 is 14.4 Å². The van der Waals surface area contributed by atoms with Crippen molar-refractivity contribution in [1.82, 2.24) is 24.5 Å². The lowest BCUT2D eigenvalue weighted by Gasteiger charge is -2.33. The number of hydrogen-bond donors (Lipinski definition) is 1. The molecule has 1 unspecified atom stereocenters. The van der Waals surface area contributed by atoms with Crippen LogP contribution in [0.5, 0.6) is 0 Å². The second-order valence-corrected chi connectivity index (χ2v) is 9.56. The number of aromatic nitrogens is 5. The number of carboxylic acids is 1. The van der Waals surface area contributed by atoms with E-state index in [9.17, 15) is 9.90 Å². The van der Waals surface area contributed by atoms with Crippen molar-refractivity contribution in [3.63, 3.8) is 0 Å². The third-order valence-corrected chi connectivity index (χ3v) is 7.37. The van der Waals surface area contributed by atoms with E-state index in [1.807, 2.05) is 38.2 Å². The molecular formula is C28H26FN5O3. The van der Waals surface area contributed by atoms with Crippen molar-refractivity contribution >= 4 is 27.9 Å². The highest BCUT2D eigenvalue weighted by atomic mass is 19.1. The minimum Gasteiger partial charge on any atom is -0.478 e. The fourth-order valence-corrected chi connectivity index (χ4v) is 5.68. The Hall–Kier alpha value is -4.11. The predicted octanol–water partition coefficient (Wildman–Crippen LogP) is 5.15. The van der Waals surface area contributed by atoms with Crippen molar-refractivity contribution < 1.29 is 19.0 Å². The largest absolute Gasteiger partial charge is 0.478 e. The number of carboxylic acid groups (broad SMARTS) is 1. The second kappa shape index (κ2) is 9.08. The van der Waals surface area contributed by atoms with Crippen LogP contribution in [0.4, 0.5) is 4.39 Å². The van der Waals surface area contributed by atoms with Crippen LogP contribution in [0.15, 0.2) is 54.7 Å². The highest BCUT2D eigenvalue weighted by molar-refractivity contribution is 6.08. The Morgan fingerprint density at radius 2 is 1.92 bits per heavy atom. The van der Waals surface area contributed by atoms with E-state index in [4.69, 9.17) is 4.74 Å². The molecule has 1 aliphatic heterocycles. The number of halogens is 1. The molecule has 0 radical (unpaired) electrons. The van der Waals surface area contributed by atoms with Crippen molar-refractivity contribution in [2.75, 3.05) is 13.2 Å². The lowest BCUT2D eigenvalue weighted by atomic mass is 9.86. The van der Waals surface area contributed by atoms with Gasteiger partial charge in [0.1, 0.15) is 5.82 Å². The number of carbonyl (C=O) groups is 1. The van der Waals surface area contributed by atoms with E-state index >= 15 is 4.39 Å². The molecule has 37 heavy (non-hydrogen) atoms. The van der Waals surface area contributed by atoms with Gasteiger partial charge in [-0.1, -0.05) is 29.5 Å². The molecule has 0 spiro atoms. The Morgan fingerprint density at radius 3 is 2.62 bits per heavy atom. The molecule has 1 saturated heterocycles. The molecule has 8 nitrogen and oxygen atoms in total. The molecule has 2 aromatic carbocycles. The Kier molecular flexibility index (Phi) is 5.72. The van der Waals surface area contributed by atoms with E-state index in [0.717, 1.165) is 40.7 Å². The lowest BCUT2D eigenvalue weighted by Crippen LogP contribution is -2.27. The smallest absolute Gasteiger partial charge is 0.337 e. The van der Waals surface area contributed by atoms with Gasteiger partial charge >= 0.3 is 5.97 Å². The Labute approximate surface area is 212 Å². The number of benzene rings is 2. The molecule has 0 saturated carbocycles. The van der Waals surface area contributed by atoms with E-state index in [-0.39, 0.29) is 23.3 Å². The standard InChI is InChI=1S/C28H26FN5O3/c1-16-26(33(2)32-31-16)18-7-8-21-23(13-18)34(24-14-19(28(35)36)15-30-25(21)24)27(17-9-11-37-12-10-17)20-5-3-4-6-22(20)29/h3-8,13-15,17,27H,9-12H2,1-2H3,(H,35,36). The maximum Gasteiger partial charge on any atom is 0.337 e. The topological polar surface area (TPSA) is 95.1 Å². The van der Waals surface area contributed by atoms with Crippen molar-refractivity contribution in [2.45, 2.75) is 25.8 Å². The van der Waals surface area contributed by atoms with Gasteiger partial charge in [-0.15, -0.1) is 5.10 Å². The third-order valence-electron chi connectivity index (χ3n) is 7.37. The zero-order valence-corrected chi connectivity index (χ0v) is 20.6. The highest BCUT2D eigenvalue weighted by Gasteiger charge is 2.32. The van der Waals surface area contributed by atoms with Gasteiger partial charge in [0, 0.05) is 43.0 Å². The van der Waals surface area contributed by atoms with Gasteiger partial charge in [0.05, 0.1) is 39.5 Å². The first kappa shape index (κ1) is 23.3. The van der Waals surface area contributed by atoms with Crippen LogP contribution in [-0.2, 0) is 11.8 Å². The minimum absolute atomic E-state index is 0.0849. The normalized spacial score (nSPS) is 15.4. The van der Waals surface area contributed by atoms with Crippen molar-refractivity contribution in [1.29, 1.82) is 0 Å². The van der Waals surface area contributed by atoms with Crippen LogP contribution in [0.3, 0.4) is 0 Å². The van der Waals surface area contributed by atoms with Gasteiger partial charge in [-0.25, -0.2) is 13.9 Å². The minimum atomic E-state index is -1.06. The number of pyridine rings is 1. The molecule has 5 aromatic rings. The molecule has 9 heteroatoms. The van der Waals surface area contributed by atoms with Gasteiger partial charge in [0.25, 0.3) is 0 Å². The van der Waals surface area contributed by atoms with E-state index < -0.39 is 5.97 Å². The van der Waals surface area contributed by atoms with Gasteiger partial charge in [0.15, 0.2) is 0 Å². The van der Waals surface area contributed by atoms with Crippen LogP contribution in [-0.4, -0.2) is 48.8 Å². The van der Waals surface area contributed by atoms with Gasteiger partial charge in [-0.05, 0) is 49.9 Å². The second-order valence-electron chi connectivity index (χ2n) is 9.56. The number of fused-ring (bicyclic) bond motifs is 3. The average Bonchev–Trinajstić information content (AvgIpc) is 3.41. The summed E-state index contributed by atoms with van der Waals surface area (Å²) in [6.07, 6.45) is 2.90. The van der Waals surface area contributed by atoms with Crippen molar-refractivity contribution in [2.24, 2.45) is 13.0 Å². The summed E-state index contributed by atoms with van der Waals surface area (Å²) < 4.78 is 24.9. The van der Waals surface area contributed by atoms with Crippen LogP contribution in [0.1, 0.15) is 40.5 Å². The Bertz CT molecular complexity index is 1630. The average molecular weight is 500 g/mol. The summed E-state index contributed by atoms with van der Waals surface area (Å²) >= 11 is 0. The Morgan fingerprint density at radius 1 is 1.14 bits per heavy atom. The maximum absolute atomic E-state index is 15.4. The maximum atomic E-state index is 15.4. The molecule has 0 bridgehead atoms. The molecule has 0 aliphatic carbocycles. The first-order valence-electron chi connectivity index (χ1n) is 12.3. The van der Waals surface area contributed by atoms with E-state index in [1.165, 1.54) is 12.3 Å². The zero-order chi connectivity index (χ0) is 25.7. The Balaban J connectivity index is 1.71. The SMILES string of the molecule is Cc1nnn(C)c1-c1ccc2c3ncc(C(=O)O)cc3n(C(c3ccccc3F)C3CCOCC3)c2c1. The first-order valence-corrected chi connectivity index (χ1v) is 12.3. The number of aryl methyl sites for hydroxylation is 2. The van der Waals surface area contributed by atoms with Crippen LogP contribution >= 0.6 is 0 Å². The summed E-state index contributed by atoms with van der Waals surface area (Å²) in [6.45, 7) is 3.10. The lowest BCUT2D eigenvalue weighted by molar-refractivity contribution is 0.0548. The molecular weight excluding hydrogens is 473 g/mol. The summed E-state index contributed by atoms with van der Waals surface area (Å²) in [5, 5.41) is 19.0. The number of rotatable bonds is 5. The molecule has 4 heterocycles. The number of ether oxygens (including phenoxy) is 1. The third kappa shape index (κ3) is 3.86. The molecule has 188 valence electrons. The monoisotopic (exact) mass is 499 g/mol. The van der Waals surface area contributed by atoms with Gasteiger partial charge in [-0.3, -0.25) is 4.98 Å². The number of hydrogen-bond acceptors (Lipinski definition) is 5. The number of aromatic carboxylic acids is 1. The molecule has 1 aliphatic rings. The van der Waals surface area contributed by atoms with Crippen molar-refractivity contribution in [3.8, 4) is 11.3 Å². The fraction of sp³-hybridized carbons (Fsp3) is 0.286. The van der Waals surface area contributed by atoms with Gasteiger partial charge in [-0.2, -0.15) is 0 Å². The molecule has 6 rings (SSSR count). The molecule has 0 amide bonds. The highest BCUT2D eigenvalue weighted by Crippen LogP contribution is 2.42. The van der Waals surface area contributed by atoms with E-state index in [1.54, 1.807) is 16.8 Å². The summed E-state index contributed by atoms with van der Waals surface area (Å²) in [4.78, 5) is 16.5. The van der Waals surface area contributed by atoms with Crippen LogP contribution < -0.4 is 0 Å². The van der Waals surface area contributed by atoms with Crippen LogP contribution in [0.25, 0.3) is 33.2 Å². The summed E-state index contributed by atoms with van der Waals surface area (Å²) in [5.74, 6) is -1.27. The fourth-order valence-electron chi connectivity index (χ4n) is 5.68. The van der Waals surface area contributed by atoms with Crippen molar-refractivity contribution in [3.05, 3.63) is 77.4 Å². The molecule has 3 aromatic heterocycles. The summed E-state index contributed by atoms with van der Waals surface area (Å²) in [5.41, 5.74) is 5.44. The zero-order valence-electron chi connectivity index (χ0n) is 20.6. The summed E-state index contributed by atoms with van der Waals surface area (Å²) in [6, 6.07) is 14.1. The summed E-state index contributed by atoms with van der Waals surface area (Å²) in [7, 11) is 1.85. The van der Waals surface area contributed by atoms with E-state index in [2.05, 4.69) is 25.9 Å². The molecule has 1 fully saturated rings. The number of nitrogens with zero attached hydrogens (tertiary/aromatic N) is 5. The molecule has 1 atom stereocenters.